The van der Waals surface area contributed by atoms with Gasteiger partial charge in [-0.1, -0.05) is 19.4 Å². The summed E-state index contributed by atoms with van der Waals surface area (Å²) in [6, 6.07) is 3.05. The number of anilines is 1. The molecule has 0 aliphatic carbocycles. The maximum Gasteiger partial charge on any atom is 0.389 e. The summed E-state index contributed by atoms with van der Waals surface area (Å²) in [5.41, 5.74) is 2.30. The van der Waals surface area contributed by atoms with Gasteiger partial charge in [0, 0.05) is 45.3 Å². The molecule has 38 heavy (non-hydrogen) atoms. The van der Waals surface area contributed by atoms with Gasteiger partial charge in [-0.15, -0.1) is 0 Å². The van der Waals surface area contributed by atoms with Crippen molar-refractivity contribution in [2.45, 2.75) is 90.0 Å². The van der Waals surface area contributed by atoms with Crippen LogP contribution in [0.25, 0.3) is 0 Å². The number of hydrogen-bond acceptors (Lipinski definition) is 6. The van der Waals surface area contributed by atoms with Crippen LogP contribution < -0.4 is 10.6 Å². The fourth-order valence-electron chi connectivity index (χ4n) is 4.65. The number of carbonyl (C=O) groups excluding carboxylic acids is 1. The largest absolute Gasteiger partial charge is 0.480 e. The fourth-order valence-corrected chi connectivity index (χ4v) is 4.65. The van der Waals surface area contributed by atoms with Crippen molar-refractivity contribution in [2.75, 3.05) is 38.6 Å². The topological polar surface area (TPSA) is 104 Å². The summed E-state index contributed by atoms with van der Waals surface area (Å²) in [4.78, 5) is 31.0. The predicted octanol–water partition coefficient (Wildman–Crippen LogP) is 4.43. The summed E-state index contributed by atoms with van der Waals surface area (Å²) >= 11 is 0. The van der Waals surface area contributed by atoms with Crippen LogP contribution in [0.2, 0.25) is 0 Å². The molecule has 1 aromatic heterocycles. The Morgan fingerprint density at radius 2 is 2.03 bits per heavy atom. The standard InChI is InChI=1S/C27H43F3N4O4/c1-4-20(17-27(28,29)30)16-24(35)33-23(26(36)37)12-15-34(18-19(2)38-3)14-6-5-9-22-11-10-21-8-7-13-31-25(21)32-22/h10-11,19-20,23H,4-9,12-18H2,1-3H3,(H,31,32)(H,33,35)(H,36,37)/t19-,20?,23+/m1/s1. The summed E-state index contributed by atoms with van der Waals surface area (Å²) < 4.78 is 43.5. The molecule has 8 nitrogen and oxygen atoms in total. The van der Waals surface area contributed by atoms with Gasteiger partial charge in [0.2, 0.25) is 5.91 Å². The van der Waals surface area contributed by atoms with E-state index in [4.69, 9.17) is 9.72 Å². The fraction of sp³-hybridized carbons (Fsp3) is 0.741. The summed E-state index contributed by atoms with van der Waals surface area (Å²) in [5, 5.41) is 15.4. The molecule has 0 bridgehead atoms. The highest BCUT2D eigenvalue weighted by atomic mass is 19.4. The number of pyridine rings is 1. The van der Waals surface area contributed by atoms with E-state index in [0.29, 0.717) is 13.1 Å². The Bertz CT molecular complexity index is 884. The van der Waals surface area contributed by atoms with Gasteiger partial charge < -0.3 is 25.4 Å². The number of nitrogens with zero attached hydrogens (tertiary/aromatic N) is 2. The lowest BCUT2D eigenvalue weighted by molar-refractivity contribution is -0.148. The van der Waals surface area contributed by atoms with Crippen molar-refractivity contribution in [3.8, 4) is 0 Å². The zero-order valence-corrected chi connectivity index (χ0v) is 22.8. The molecule has 1 unspecified atom stereocenters. The third-order valence-corrected chi connectivity index (χ3v) is 6.97. The van der Waals surface area contributed by atoms with Gasteiger partial charge in [-0.2, -0.15) is 13.2 Å². The average Bonchev–Trinajstić information content (AvgIpc) is 2.86. The molecule has 2 rings (SSSR count). The number of carboxylic acids is 1. The van der Waals surface area contributed by atoms with Crippen molar-refractivity contribution < 1.29 is 32.6 Å². The molecule has 1 aromatic rings. The van der Waals surface area contributed by atoms with E-state index < -0.39 is 36.4 Å². The second-order valence-corrected chi connectivity index (χ2v) is 10.2. The van der Waals surface area contributed by atoms with E-state index in [9.17, 15) is 27.9 Å². The predicted molar refractivity (Wildman–Crippen MR) is 140 cm³/mol. The maximum atomic E-state index is 12.7. The minimum atomic E-state index is -4.36. The third-order valence-electron chi connectivity index (χ3n) is 6.97. The van der Waals surface area contributed by atoms with E-state index in [1.54, 1.807) is 14.0 Å². The van der Waals surface area contributed by atoms with Gasteiger partial charge in [-0.25, -0.2) is 9.78 Å². The summed E-state index contributed by atoms with van der Waals surface area (Å²) in [6.07, 6.45) is -0.704. The minimum Gasteiger partial charge on any atom is -0.480 e. The quantitative estimate of drug-likeness (QED) is 0.249. The van der Waals surface area contributed by atoms with Gasteiger partial charge in [0.25, 0.3) is 0 Å². The number of aliphatic carboxylic acids is 1. The number of carboxylic acid groups (broad SMARTS) is 1. The Labute approximate surface area is 223 Å². The first kappa shape index (κ1) is 31.8. The monoisotopic (exact) mass is 544 g/mol. The Morgan fingerprint density at radius 3 is 2.68 bits per heavy atom. The van der Waals surface area contributed by atoms with Crippen LogP contribution in [0.15, 0.2) is 12.1 Å². The second-order valence-electron chi connectivity index (χ2n) is 10.2. The Kier molecular flexibility index (Phi) is 13.3. The van der Waals surface area contributed by atoms with Crippen LogP contribution in [-0.2, 0) is 27.2 Å². The molecule has 0 radical (unpaired) electrons. The lowest BCUT2D eigenvalue weighted by Gasteiger charge is -2.27. The number of ether oxygens (including phenoxy) is 1. The molecule has 0 saturated carbocycles. The van der Waals surface area contributed by atoms with Crippen molar-refractivity contribution in [3.63, 3.8) is 0 Å². The van der Waals surface area contributed by atoms with Crippen LogP contribution in [0.4, 0.5) is 19.0 Å². The number of halogens is 3. The van der Waals surface area contributed by atoms with Crippen LogP contribution in [0.3, 0.4) is 0 Å². The SMILES string of the molecule is CCC(CC(=O)N[C@@H](CCN(CCCCc1ccc2c(n1)NCCC2)C[C@@H](C)OC)C(=O)O)CC(F)(F)F. The third kappa shape index (κ3) is 12.0. The van der Waals surface area contributed by atoms with Crippen molar-refractivity contribution in [1.82, 2.24) is 15.2 Å². The molecule has 216 valence electrons. The van der Waals surface area contributed by atoms with Gasteiger partial charge in [0.15, 0.2) is 0 Å². The molecule has 11 heteroatoms. The van der Waals surface area contributed by atoms with Crippen LogP contribution in [0.1, 0.15) is 70.1 Å². The molecule has 3 atom stereocenters. The molecule has 0 fully saturated rings. The summed E-state index contributed by atoms with van der Waals surface area (Å²) in [7, 11) is 1.62. The van der Waals surface area contributed by atoms with Crippen LogP contribution in [0, 0.1) is 5.92 Å². The van der Waals surface area contributed by atoms with Crippen LogP contribution in [-0.4, -0.2) is 78.5 Å². The van der Waals surface area contributed by atoms with E-state index in [1.807, 2.05) is 6.92 Å². The first-order valence-corrected chi connectivity index (χ1v) is 13.6. The lowest BCUT2D eigenvalue weighted by Crippen LogP contribution is -2.44. The molecule has 0 aromatic carbocycles. The summed E-state index contributed by atoms with van der Waals surface area (Å²) in [5.74, 6) is -1.76. The zero-order valence-electron chi connectivity index (χ0n) is 22.8. The highest BCUT2D eigenvalue weighted by Gasteiger charge is 2.32. The molecule has 1 aliphatic heterocycles. The van der Waals surface area contributed by atoms with Gasteiger partial charge >= 0.3 is 12.1 Å². The molecular weight excluding hydrogens is 501 g/mol. The Morgan fingerprint density at radius 1 is 1.26 bits per heavy atom. The maximum absolute atomic E-state index is 12.7. The van der Waals surface area contributed by atoms with Gasteiger partial charge in [-0.05, 0) is 69.5 Å². The number of carbonyl (C=O) groups is 2. The lowest BCUT2D eigenvalue weighted by atomic mass is 9.97. The van der Waals surface area contributed by atoms with Crippen molar-refractivity contribution in [1.29, 1.82) is 0 Å². The zero-order chi connectivity index (χ0) is 28.1. The molecule has 0 saturated heterocycles. The molecular formula is C27H43F3N4O4. The first-order valence-electron chi connectivity index (χ1n) is 13.6. The highest BCUT2D eigenvalue weighted by molar-refractivity contribution is 5.83. The summed E-state index contributed by atoms with van der Waals surface area (Å²) in [6.45, 7) is 6.19. The number of alkyl halides is 3. The number of nitrogens with one attached hydrogen (secondary N) is 2. The van der Waals surface area contributed by atoms with Crippen LogP contribution in [0.5, 0.6) is 0 Å². The van der Waals surface area contributed by atoms with E-state index in [1.165, 1.54) is 5.56 Å². The Balaban J connectivity index is 1.86. The molecule has 3 N–H and O–H groups in total. The van der Waals surface area contributed by atoms with Crippen molar-refractivity contribution in [3.05, 3.63) is 23.4 Å². The number of hydrogen-bond donors (Lipinski definition) is 3. The number of aromatic nitrogens is 1. The van der Waals surface area contributed by atoms with Gasteiger partial charge in [-0.3, -0.25) is 4.79 Å². The van der Waals surface area contributed by atoms with Gasteiger partial charge in [0.1, 0.15) is 11.9 Å². The Hall–Kier alpha value is -2.40. The van der Waals surface area contributed by atoms with E-state index in [2.05, 4.69) is 27.7 Å². The molecule has 1 aliphatic rings. The highest BCUT2D eigenvalue weighted by Crippen LogP contribution is 2.28. The number of amides is 1. The second kappa shape index (κ2) is 15.9. The van der Waals surface area contributed by atoms with Crippen molar-refractivity contribution in [2.24, 2.45) is 5.92 Å². The number of methoxy groups -OCH3 is 1. The molecule has 1 amide bonds. The first-order chi connectivity index (χ1) is 18.0. The van der Waals surface area contributed by atoms with E-state index in [0.717, 1.165) is 56.7 Å². The average molecular weight is 545 g/mol. The normalized spacial score (nSPS) is 15.9. The van der Waals surface area contributed by atoms with Crippen molar-refractivity contribution >= 4 is 17.7 Å². The number of unbranched alkanes of at least 4 members (excludes halogenated alkanes) is 1. The van der Waals surface area contributed by atoms with Gasteiger partial charge in [0.05, 0.1) is 6.10 Å². The van der Waals surface area contributed by atoms with E-state index in [-0.39, 0.29) is 25.4 Å². The van der Waals surface area contributed by atoms with E-state index >= 15 is 0 Å². The number of rotatable bonds is 17. The van der Waals surface area contributed by atoms with Crippen LogP contribution >= 0.6 is 0 Å². The number of aryl methyl sites for hydroxylation is 2. The molecule has 2 heterocycles. The molecule has 0 spiro atoms. The number of fused-ring (bicyclic) bond motifs is 1. The smallest absolute Gasteiger partial charge is 0.389 e. The minimum absolute atomic E-state index is 0.0612.